The molecule has 0 aliphatic carbocycles. The van der Waals surface area contributed by atoms with Crippen molar-refractivity contribution >= 4 is 59.3 Å². The molecule has 1 fully saturated rings. The quantitative estimate of drug-likeness (QED) is 0.0738. The number of hydrogen-bond acceptors (Lipinski definition) is 14. The Morgan fingerprint density at radius 3 is 0.912 bits per heavy atom. The summed E-state index contributed by atoms with van der Waals surface area (Å²) in [5, 5.41) is 11.4. The van der Waals surface area contributed by atoms with E-state index >= 15 is 0 Å². The van der Waals surface area contributed by atoms with Crippen LogP contribution < -0.4 is 21.3 Å². The van der Waals surface area contributed by atoms with Gasteiger partial charge < -0.3 is 50.0 Å². The van der Waals surface area contributed by atoms with Gasteiger partial charge in [0.2, 0.25) is 35.8 Å². The van der Waals surface area contributed by atoms with E-state index in [2.05, 4.69) is 33.1 Å². The number of hydrogen-bond donors (Lipinski definition) is 4. The van der Waals surface area contributed by atoms with Gasteiger partial charge in [-0.25, -0.2) is 19.2 Å². The van der Waals surface area contributed by atoms with Crippen molar-refractivity contribution in [3.63, 3.8) is 0 Å². The van der Waals surface area contributed by atoms with Gasteiger partial charge in [0, 0.05) is 50.9 Å². The molecule has 452 valence electrons. The minimum atomic E-state index is -1.55. The van der Waals surface area contributed by atoms with Crippen molar-refractivity contribution in [3.8, 4) is 24.7 Å². The Balaban J connectivity index is 4.19. The number of nitrogens with one attached hydrogen (secondary N) is 4. The third kappa shape index (κ3) is 20.7. The van der Waals surface area contributed by atoms with Crippen molar-refractivity contribution in [1.29, 1.82) is 0 Å². The fourth-order valence-electron chi connectivity index (χ4n) is 9.52. The van der Waals surface area contributed by atoms with E-state index in [1.807, 2.05) is 0 Å². The molecular formula is C60H98N6O14. The number of amides is 6. The molecule has 1 heterocycles. The van der Waals surface area contributed by atoms with Crippen LogP contribution >= 0.6 is 0 Å². The van der Waals surface area contributed by atoms with Crippen LogP contribution in [0.1, 0.15) is 163 Å². The average molecular weight is 1130 g/mol. The summed E-state index contributed by atoms with van der Waals surface area (Å²) in [7, 11) is 2.82. The molecule has 80 heavy (non-hydrogen) atoms. The van der Waals surface area contributed by atoms with Crippen molar-refractivity contribution in [2.75, 3.05) is 14.1 Å². The first-order chi connectivity index (χ1) is 37.1. The maximum atomic E-state index is 14.5. The van der Waals surface area contributed by atoms with Crippen LogP contribution in [0.15, 0.2) is 0 Å². The second-order valence-corrected chi connectivity index (χ2v) is 24.1. The number of carbonyl (C=O) groups is 10. The Morgan fingerprint density at radius 2 is 0.675 bits per heavy atom. The van der Waals surface area contributed by atoms with Crippen LogP contribution in [0, 0.1) is 83.9 Å². The summed E-state index contributed by atoms with van der Waals surface area (Å²) < 4.78 is 23.5. The number of nitrogens with zero attached hydrogens (tertiary/aromatic N) is 2. The van der Waals surface area contributed by atoms with Gasteiger partial charge in [0.05, 0.1) is 11.8 Å². The SMILES string of the molecule is C#CCCC[C@@H]1NC(=O)[C@H](C(C)C)NC(=O)[C@H](C(C)C)OC(=O)[C@H](C(C)C)OC(=O)[C@H](C(C)C)N(C)C(=O)[C@@H](C)[C@H](CCCC#C)NC(=O)[C@H](C(C)C)NC(=O)[C@H](C(C)C)OC(=O)[C@H](C(C)C)OC(=O)[C@H](C(C)C)N(C)C(=O)[C@H]1C. The molecule has 0 radical (unpaired) electrons. The summed E-state index contributed by atoms with van der Waals surface area (Å²) in [6.07, 6.45) is 6.96. The van der Waals surface area contributed by atoms with Crippen LogP contribution in [0.4, 0.5) is 0 Å². The van der Waals surface area contributed by atoms with Gasteiger partial charge in [-0.3, -0.25) is 28.8 Å². The standard InChI is InChI=1S/C60H98N6O14/c1-23-25-27-29-41-39(19)55(71)65(21)45(33(7)8)57(73)79-49(37(15)16)59(75)78-48(36(13)14)54(70)64-44(32(5)6)52(68)62-42(30-28-26-24-2)40(20)56(72)66(22)46(34(9)10)58(74)80-50(38(17)18)60(76)77-47(35(11)12)53(69)63-43(31(3)4)51(67)61-41/h1-2,31-50H,25-30H2,3-22H3,(H,61,67)(H,62,68)(H,63,69)(H,64,70)/t39-,40-,41-,42-,43-,44-,45-,46-,47-,48-,49-,50-/m0/s1. The summed E-state index contributed by atoms with van der Waals surface area (Å²) in [5.74, 6) is -9.78. The van der Waals surface area contributed by atoms with Crippen molar-refractivity contribution in [1.82, 2.24) is 31.1 Å². The number of cyclic esters (lactones) is 4. The topological polar surface area (TPSA) is 262 Å². The summed E-state index contributed by atoms with van der Waals surface area (Å²) >= 11 is 0. The van der Waals surface area contributed by atoms with Crippen LogP contribution in [0.3, 0.4) is 0 Å². The van der Waals surface area contributed by atoms with Gasteiger partial charge in [-0.15, -0.1) is 24.7 Å². The number of rotatable bonds is 14. The Bertz CT molecular complexity index is 2060. The lowest BCUT2D eigenvalue weighted by Crippen LogP contribution is -2.58. The van der Waals surface area contributed by atoms with Crippen molar-refractivity contribution in [2.45, 2.75) is 224 Å². The monoisotopic (exact) mass is 1130 g/mol. The Morgan fingerprint density at radius 1 is 0.400 bits per heavy atom. The third-order valence-electron chi connectivity index (χ3n) is 14.5. The molecular weight excluding hydrogens is 1030 g/mol. The number of esters is 4. The van der Waals surface area contributed by atoms with Crippen LogP contribution in [-0.2, 0) is 66.9 Å². The van der Waals surface area contributed by atoms with Crippen LogP contribution in [0.25, 0.3) is 0 Å². The molecule has 0 bridgehead atoms. The van der Waals surface area contributed by atoms with E-state index in [1.165, 1.54) is 23.9 Å². The molecule has 1 aliphatic rings. The summed E-state index contributed by atoms with van der Waals surface area (Å²) in [6.45, 7) is 29.7. The predicted octanol–water partition coefficient (Wildman–Crippen LogP) is 5.37. The molecule has 0 aromatic heterocycles. The van der Waals surface area contributed by atoms with E-state index in [0.29, 0.717) is 25.7 Å². The first kappa shape index (κ1) is 71.8. The lowest BCUT2D eigenvalue weighted by Gasteiger charge is -2.36. The van der Waals surface area contributed by atoms with Gasteiger partial charge in [-0.1, -0.05) is 125 Å². The van der Waals surface area contributed by atoms with Crippen molar-refractivity contribution in [2.24, 2.45) is 59.2 Å². The molecule has 6 amide bonds. The van der Waals surface area contributed by atoms with Gasteiger partial charge in [0.15, 0.2) is 12.2 Å². The number of likely N-dealkylation sites (N-methyl/N-ethyl adjacent to an activating group) is 2. The number of unbranched alkanes of at least 4 members (excludes halogenated alkanes) is 2. The van der Waals surface area contributed by atoms with E-state index in [4.69, 9.17) is 31.8 Å². The van der Waals surface area contributed by atoms with E-state index in [9.17, 15) is 47.9 Å². The zero-order valence-corrected chi connectivity index (χ0v) is 51.6. The smallest absolute Gasteiger partial charge is 0.348 e. The first-order valence-electron chi connectivity index (χ1n) is 28.5. The molecule has 4 N–H and O–H groups in total. The van der Waals surface area contributed by atoms with Crippen molar-refractivity contribution < 1.29 is 66.9 Å². The zero-order valence-electron chi connectivity index (χ0n) is 51.6. The molecule has 20 heteroatoms. The maximum absolute atomic E-state index is 14.5. The molecule has 20 nitrogen and oxygen atoms in total. The van der Waals surface area contributed by atoms with E-state index in [0.717, 1.165) is 0 Å². The number of ether oxygens (including phenoxy) is 4. The fourth-order valence-corrected chi connectivity index (χ4v) is 9.52. The highest BCUT2D eigenvalue weighted by atomic mass is 16.6. The van der Waals surface area contributed by atoms with Crippen molar-refractivity contribution in [3.05, 3.63) is 0 Å². The summed E-state index contributed by atoms with van der Waals surface area (Å²) in [5.41, 5.74) is 0. The average Bonchev–Trinajstić information content (AvgIpc) is 3.35. The van der Waals surface area contributed by atoms with Gasteiger partial charge in [-0.2, -0.15) is 0 Å². The van der Waals surface area contributed by atoms with Gasteiger partial charge in [-0.05, 0) is 61.2 Å². The highest BCUT2D eigenvalue weighted by molar-refractivity contribution is 5.94. The number of carbonyl (C=O) groups excluding carboxylic acids is 10. The lowest BCUT2D eigenvalue weighted by atomic mass is 9.92. The largest absolute Gasteiger partial charge is 0.449 e. The predicted molar refractivity (Wildman–Crippen MR) is 303 cm³/mol. The van der Waals surface area contributed by atoms with Crippen LogP contribution in [-0.4, -0.2) is 144 Å². The van der Waals surface area contributed by atoms with E-state index in [1.54, 1.807) is 125 Å². The number of terminal acetylenes is 2. The normalized spacial score (nSPS) is 27.9. The molecule has 0 unspecified atom stereocenters. The molecule has 1 rings (SSSR count). The Kier molecular flexibility index (Phi) is 30.1. The third-order valence-corrected chi connectivity index (χ3v) is 14.5. The highest BCUT2D eigenvalue weighted by Crippen LogP contribution is 2.25. The minimum absolute atomic E-state index is 0.219. The lowest BCUT2D eigenvalue weighted by molar-refractivity contribution is -0.182. The molecule has 0 spiro atoms. The molecule has 0 saturated carbocycles. The van der Waals surface area contributed by atoms with Crippen LogP contribution in [0.5, 0.6) is 0 Å². The van der Waals surface area contributed by atoms with Gasteiger partial charge >= 0.3 is 23.9 Å². The fraction of sp³-hybridized carbons (Fsp3) is 0.767. The summed E-state index contributed by atoms with van der Waals surface area (Å²) in [6, 6.07) is -6.72. The summed E-state index contributed by atoms with van der Waals surface area (Å²) in [4.78, 5) is 146. The minimum Gasteiger partial charge on any atom is -0.449 e. The second-order valence-electron chi connectivity index (χ2n) is 24.1. The molecule has 0 aromatic carbocycles. The van der Waals surface area contributed by atoms with Crippen LogP contribution in [0.2, 0.25) is 0 Å². The molecule has 0 aromatic rings. The molecule has 1 aliphatic heterocycles. The maximum Gasteiger partial charge on any atom is 0.348 e. The Hall–Kier alpha value is -6.18. The Labute approximate surface area is 477 Å². The van der Waals surface area contributed by atoms with Gasteiger partial charge in [0.25, 0.3) is 11.8 Å². The van der Waals surface area contributed by atoms with E-state index in [-0.39, 0.29) is 12.8 Å². The second kappa shape index (κ2) is 33.5. The molecule has 1 saturated heterocycles. The van der Waals surface area contributed by atoms with E-state index < -0.39 is 179 Å². The first-order valence-corrected chi connectivity index (χ1v) is 28.5. The molecule has 12 atom stereocenters. The van der Waals surface area contributed by atoms with Gasteiger partial charge in [0.1, 0.15) is 24.2 Å². The highest BCUT2D eigenvalue weighted by Gasteiger charge is 2.44. The zero-order chi connectivity index (χ0) is 61.8.